The SMILES string of the molecule is CC(C)(C#Cc1nccn2ncc(-c3ccc(-c4cnn(CCCC#N)c4)cc3)c12)C(N)=O. The molecular formula is C25H23N7O. The van der Waals surface area contributed by atoms with Gasteiger partial charge in [0.2, 0.25) is 5.91 Å². The number of aromatic nitrogens is 5. The highest BCUT2D eigenvalue weighted by atomic mass is 16.1. The lowest BCUT2D eigenvalue weighted by Crippen LogP contribution is -2.29. The van der Waals surface area contributed by atoms with Gasteiger partial charge in [0.05, 0.1) is 18.5 Å². The lowest BCUT2D eigenvalue weighted by molar-refractivity contribution is -0.123. The van der Waals surface area contributed by atoms with Crippen molar-refractivity contribution in [3.8, 4) is 40.2 Å². The van der Waals surface area contributed by atoms with E-state index in [2.05, 4.69) is 33.1 Å². The van der Waals surface area contributed by atoms with E-state index < -0.39 is 11.3 Å². The Morgan fingerprint density at radius 3 is 2.61 bits per heavy atom. The predicted octanol–water partition coefficient (Wildman–Crippen LogP) is 3.43. The molecule has 0 aliphatic carbocycles. The van der Waals surface area contributed by atoms with Crippen LogP contribution in [0.15, 0.2) is 55.2 Å². The summed E-state index contributed by atoms with van der Waals surface area (Å²) in [7, 11) is 0. The standard InChI is InChI=1S/C25H23N7O/c1-25(2,24(27)33)10-9-22-23-21(16-30-32(23)14-12-28-22)19-7-5-18(6-8-19)20-15-29-31(17-20)13-4-3-11-26/h5-8,12,14-17H,3-4,13H2,1-2H3,(H2,27,33). The molecule has 3 aromatic heterocycles. The number of carbonyl (C=O) groups is 1. The Kier molecular flexibility index (Phi) is 5.93. The molecule has 1 amide bonds. The lowest BCUT2D eigenvalue weighted by Gasteiger charge is -2.11. The fraction of sp³-hybridized carbons (Fsp3) is 0.240. The molecule has 0 atom stereocenters. The number of carbonyl (C=O) groups excluding carboxylic acids is 1. The summed E-state index contributed by atoms with van der Waals surface area (Å²) >= 11 is 0. The van der Waals surface area contributed by atoms with Crippen molar-refractivity contribution in [2.45, 2.75) is 33.2 Å². The van der Waals surface area contributed by atoms with Crippen molar-refractivity contribution in [3.05, 3.63) is 60.9 Å². The maximum absolute atomic E-state index is 11.6. The Bertz CT molecular complexity index is 1410. The molecule has 2 N–H and O–H groups in total. The van der Waals surface area contributed by atoms with Crippen molar-refractivity contribution in [3.63, 3.8) is 0 Å². The first-order valence-electron chi connectivity index (χ1n) is 10.5. The van der Waals surface area contributed by atoms with E-state index in [0.29, 0.717) is 12.1 Å². The molecule has 0 aliphatic heterocycles. The zero-order chi connectivity index (χ0) is 23.4. The van der Waals surface area contributed by atoms with Crippen LogP contribution in [0, 0.1) is 28.6 Å². The fourth-order valence-electron chi connectivity index (χ4n) is 3.32. The van der Waals surface area contributed by atoms with Gasteiger partial charge in [-0.15, -0.1) is 0 Å². The highest BCUT2D eigenvalue weighted by Crippen LogP contribution is 2.29. The van der Waals surface area contributed by atoms with Crippen molar-refractivity contribution >= 4 is 11.4 Å². The average molecular weight is 438 g/mol. The van der Waals surface area contributed by atoms with Crippen LogP contribution in [0.3, 0.4) is 0 Å². The molecule has 0 radical (unpaired) electrons. The lowest BCUT2D eigenvalue weighted by atomic mass is 9.93. The van der Waals surface area contributed by atoms with E-state index in [4.69, 9.17) is 11.0 Å². The highest BCUT2D eigenvalue weighted by Gasteiger charge is 2.22. The Balaban J connectivity index is 1.65. The highest BCUT2D eigenvalue weighted by molar-refractivity contribution is 5.86. The number of primary amides is 1. The summed E-state index contributed by atoms with van der Waals surface area (Å²) in [6.07, 6.45) is 10.3. The summed E-state index contributed by atoms with van der Waals surface area (Å²) < 4.78 is 3.58. The van der Waals surface area contributed by atoms with Crippen LogP contribution < -0.4 is 5.73 Å². The molecule has 1 aromatic carbocycles. The summed E-state index contributed by atoms with van der Waals surface area (Å²) in [6.45, 7) is 4.09. The molecule has 0 saturated carbocycles. The van der Waals surface area contributed by atoms with Crippen LogP contribution in [0.1, 0.15) is 32.4 Å². The molecule has 164 valence electrons. The molecule has 3 heterocycles. The number of nitriles is 1. The molecule has 8 heteroatoms. The quantitative estimate of drug-likeness (QED) is 0.367. The number of nitrogens with two attached hydrogens (primary N) is 1. The Morgan fingerprint density at radius 2 is 1.88 bits per heavy atom. The van der Waals surface area contributed by atoms with E-state index in [1.165, 1.54) is 0 Å². The zero-order valence-electron chi connectivity index (χ0n) is 18.5. The van der Waals surface area contributed by atoms with E-state index in [1.807, 2.05) is 41.3 Å². The minimum absolute atomic E-state index is 0.486. The number of benzene rings is 1. The third-order valence-corrected chi connectivity index (χ3v) is 5.38. The van der Waals surface area contributed by atoms with E-state index in [-0.39, 0.29) is 0 Å². The predicted molar refractivity (Wildman–Crippen MR) is 124 cm³/mol. The fourth-order valence-corrected chi connectivity index (χ4v) is 3.32. The van der Waals surface area contributed by atoms with Gasteiger partial charge in [0.15, 0.2) is 0 Å². The van der Waals surface area contributed by atoms with Crippen molar-refractivity contribution < 1.29 is 4.79 Å². The molecule has 8 nitrogen and oxygen atoms in total. The molecule has 33 heavy (non-hydrogen) atoms. The first-order chi connectivity index (χ1) is 15.9. The van der Waals surface area contributed by atoms with Crippen LogP contribution in [0.25, 0.3) is 27.8 Å². The second-order valence-electron chi connectivity index (χ2n) is 8.20. The Morgan fingerprint density at radius 1 is 1.12 bits per heavy atom. The van der Waals surface area contributed by atoms with Gasteiger partial charge in [-0.05, 0) is 37.3 Å². The van der Waals surface area contributed by atoms with Gasteiger partial charge < -0.3 is 5.73 Å². The summed E-state index contributed by atoms with van der Waals surface area (Å²) in [5.41, 5.74) is 9.70. The summed E-state index contributed by atoms with van der Waals surface area (Å²) in [6, 6.07) is 10.3. The minimum Gasteiger partial charge on any atom is -0.368 e. The number of amides is 1. The zero-order valence-corrected chi connectivity index (χ0v) is 18.5. The van der Waals surface area contributed by atoms with Gasteiger partial charge in [-0.3, -0.25) is 9.48 Å². The molecule has 0 unspecified atom stereocenters. The van der Waals surface area contributed by atoms with Crippen LogP contribution in [-0.4, -0.2) is 30.3 Å². The Hall–Kier alpha value is -4.43. The third-order valence-electron chi connectivity index (χ3n) is 5.38. The molecular weight excluding hydrogens is 414 g/mol. The molecule has 0 fully saturated rings. The van der Waals surface area contributed by atoms with Gasteiger partial charge in [-0.2, -0.15) is 15.5 Å². The molecule has 0 spiro atoms. The second kappa shape index (κ2) is 8.97. The molecule has 0 saturated heterocycles. The number of unbranched alkanes of at least 4 members (excludes halogenated alkanes) is 1. The minimum atomic E-state index is -0.963. The monoisotopic (exact) mass is 437 g/mol. The first kappa shape index (κ1) is 21.8. The topological polar surface area (TPSA) is 115 Å². The van der Waals surface area contributed by atoms with Crippen molar-refractivity contribution in [1.82, 2.24) is 24.4 Å². The van der Waals surface area contributed by atoms with Crippen molar-refractivity contribution in [2.75, 3.05) is 0 Å². The van der Waals surface area contributed by atoms with E-state index >= 15 is 0 Å². The van der Waals surface area contributed by atoms with Crippen LogP contribution in [0.4, 0.5) is 0 Å². The molecule has 4 aromatic rings. The van der Waals surface area contributed by atoms with Gasteiger partial charge >= 0.3 is 0 Å². The number of hydrogen-bond donors (Lipinski definition) is 1. The van der Waals surface area contributed by atoms with Crippen molar-refractivity contribution in [1.29, 1.82) is 5.26 Å². The number of fused-ring (bicyclic) bond motifs is 1. The largest absolute Gasteiger partial charge is 0.368 e. The molecule has 4 rings (SSSR count). The van der Waals surface area contributed by atoms with E-state index in [1.54, 1.807) is 37.0 Å². The van der Waals surface area contributed by atoms with E-state index in [0.717, 1.165) is 40.7 Å². The van der Waals surface area contributed by atoms with Crippen LogP contribution >= 0.6 is 0 Å². The van der Waals surface area contributed by atoms with Crippen LogP contribution in [-0.2, 0) is 11.3 Å². The average Bonchev–Trinajstić information content (AvgIpc) is 3.46. The number of rotatable bonds is 6. The number of aryl methyl sites for hydroxylation is 1. The number of nitrogens with zero attached hydrogens (tertiary/aromatic N) is 6. The van der Waals surface area contributed by atoms with Gasteiger partial charge in [0, 0.05) is 42.7 Å². The summed E-state index contributed by atoms with van der Waals surface area (Å²) in [5.74, 6) is 5.46. The van der Waals surface area contributed by atoms with Crippen LogP contribution in [0.5, 0.6) is 0 Å². The second-order valence-corrected chi connectivity index (χ2v) is 8.20. The van der Waals surface area contributed by atoms with Gasteiger partial charge in [-0.25, -0.2) is 9.50 Å². The maximum Gasteiger partial charge on any atom is 0.235 e. The summed E-state index contributed by atoms with van der Waals surface area (Å²) in [5, 5.41) is 17.5. The van der Waals surface area contributed by atoms with Gasteiger partial charge in [0.1, 0.15) is 16.6 Å². The molecule has 0 aliphatic rings. The van der Waals surface area contributed by atoms with Crippen LogP contribution in [0.2, 0.25) is 0 Å². The van der Waals surface area contributed by atoms with E-state index in [9.17, 15) is 4.79 Å². The molecule has 0 bridgehead atoms. The van der Waals surface area contributed by atoms with Crippen molar-refractivity contribution in [2.24, 2.45) is 11.1 Å². The first-order valence-corrected chi connectivity index (χ1v) is 10.5. The third kappa shape index (κ3) is 4.60. The van der Waals surface area contributed by atoms with Gasteiger partial charge in [-0.1, -0.05) is 30.2 Å². The number of hydrogen-bond acceptors (Lipinski definition) is 5. The summed E-state index contributed by atoms with van der Waals surface area (Å²) in [4.78, 5) is 16.0. The van der Waals surface area contributed by atoms with Gasteiger partial charge in [0.25, 0.3) is 0 Å². The maximum atomic E-state index is 11.6. The normalized spacial score (nSPS) is 11.1. The Labute approximate surface area is 191 Å². The smallest absolute Gasteiger partial charge is 0.235 e.